The zero-order chi connectivity index (χ0) is 31.6. The van der Waals surface area contributed by atoms with Crippen LogP contribution in [0.4, 0.5) is 18.0 Å². The molecule has 0 aromatic heterocycles. The lowest BCUT2D eigenvalue weighted by Crippen LogP contribution is -2.42. The number of ether oxygens (including phenoxy) is 1. The number of amides is 2. The summed E-state index contributed by atoms with van der Waals surface area (Å²) in [7, 11) is -2.17. The topological polar surface area (TPSA) is 96.0 Å². The molecule has 1 atom stereocenters. The molecular formula is C28H34Cl2F3N3O5S. The van der Waals surface area contributed by atoms with E-state index in [1.165, 1.54) is 36.1 Å². The van der Waals surface area contributed by atoms with Crippen LogP contribution in [-0.4, -0.2) is 67.8 Å². The second-order valence-electron chi connectivity index (χ2n) is 11.1. The van der Waals surface area contributed by atoms with Crippen molar-refractivity contribution >= 4 is 45.0 Å². The highest BCUT2D eigenvalue weighted by Gasteiger charge is 2.36. The molecule has 14 heteroatoms. The van der Waals surface area contributed by atoms with E-state index in [0.29, 0.717) is 19.5 Å². The number of alkyl halides is 3. The van der Waals surface area contributed by atoms with Gasteiger partial charge in [0.1, 0.15) is 5.60 Å². The van der Waals surface area contributed by atoms with Gasteiger partial charge in [0.2, 0.25) is 0 Å². The first kappa shape index (κ1) is 34.0. The third-order valence-corrected chi connectivity index (χ3v) is 9.26. The number of benzene rings is 2. The van der Waals surface area contributed by atoms with Crippen LogP contribution in [0.5, 0.6) is 0 Å². The van der Waals surface area contributed by atoms with Gasteiger partial charge in [0.25, 0.3) is 5.91 Å². The highest BCUT2D eigenvalue weighted by atomic mass is 35.5. The number of likely N-dealkylation sites (tertiary alicyclic amines) is 1. The number of nitrogens with zero attached hydrogens (tertiary/aromatic N) is 2. The van der Waals surface area contributed by atoms with Crippen molar-refractivity contribution in [2.45, 2.75) is 69.9 Å². The van der Waals surface area contributed by atoms with Crippen molar-refractivity contribution in [1.82, 2.24) is 15.1 Å². The molecule has 1 fully saturated rings. The van der Waals surface area contributed by atoms with Crippen LogP contribution in [0.1, 0.15) is 61.2 Å². The highest BCUT2D eigenvalue weighted by Crippen LogP contribution is 2.34. The number of carbonyl (C=O) groups excluding carboxylic acids is 2. The molecular weight excluding hydrogens is 618 g/mol. The van der Waals surface area contributed by atoms with Crippen LogP contribution in [0.2, 0.25) is 10.0 Å². The number of sulfone groups is 1. The predicted molar refractivity (Wildman–Crippen MR) is 154 cm³/mol. The van der Waals surface area contributed by atoms with E-state index in [4.69, 9.17) is 27.9 Å². The molecule has 2 amide bonds. The van der Waals surface area contributed by atoms with Gasteiger partial charge in [-0.25, -0.2) is 13.2 Å². The summed E-state index contributed by atoms with van der Waals surface area (Å²) in [4.78, 5) is 28.4. The number of likely N-dealkylation sites (N-methyl/N-ethyl adjacent to an activating group) is 1. The largest absolute Gasteiger partial charge is 0.444 e. The number of hydrogen-bond donors (Lipinski definition) is 1. The first-order valence-electron chi connectivity index (χ1n) is 13.2. The van der Waals surface area contributed by atoms with Gasteiger partial charge in [-0.2, -0.15) is 13.2 Å². The average Bonchev–Trinajstić information content (AvgIpc) is 3.33. The van der Waals surface area contributed by atoms with Crippen LogP contribution in [0.15, 0.2) is 35.2 Å². The van der Waals surface area contributed by atoms with E-state index < -0.39 is 39.2 Å². The molecule has 0 saturated carbocycles. The van der Waals surface area contributed by atoms with Crippen LogP contribution in [0.25, 0.3) is 0 Å². The SMILES string of the molecule is CCS(=O)(=O)c1c(Cl)cc(Cl)cc1CNC(=O)c1ccc(CN2CC[C@@H](N(C)C(=O)OC(C)(C)C)C2)c(C(F)(F)F)c1. The summed E-state index contributed by atoms with van der Waals surface area (Å²) >= 11 is 12.2. The Morgan fingerprint density at radius 2 is 1.79 bits per heavy atom. The molecule has 0 radical (unpaired) electrons. The van der Waals surface area contributed by atoms with Gasteiger partial charge in [0, 0.05) is 49.9 Å². The minimum absolute atomic E-state index is 0.0161. The highest BCUT2D eigenvalue weighted by molar-refractivity contribution is 7.91. The first-order chi connectivity index (χ1) is 19.3. The Balaban J connectivity index is 1.76. The van der Waals surface area contributed by atoms with Gasteiger partial charge in [-0.1, -0.05) is 36.2 Å². The molecule has 2 aromatic rings. The molecule has 1 aliphatic heterocycles. The second kappa shape index (κ2) is 13.0. The normalized spacial score (nSPS) is 16.4. The van der Waals surface area contributed by atoms with Crippen LogP contribution >= 0.6 is 23.2 Å². The van der Waals surface area contributed by atoms with Crippen molar-refractivity contribution in [2.24, 2.45) is 0 Å². The fourth-order valence-electron chi connectivity index (χ4n) is 4.63. The molecule has 1 heterocycles. The molecule has 1 saturated heterocycles. The Morgan fingerprint density at radius 1 is 1.12 bits per heavy atom. The second-order valence-corrected chi connectivity index (χ2v) is 14.2. The Labute approximate surface area is 254 Å². The number of nitrogens with one attached hydrogen (secondary N) is 1. The van der Waals surface area contributed by atoms with Crippen molar-refractivity contribution in [3.05, 3.63) is 62.6 Å². The van der Waals surface area contributed by atoms with Crippen molar-refractivity contribution in [3.8, 4) is 0 Å². The fraction of sp³-hybridized carbons (Fsp3) is 0.500. The number of rotatable bonds is 8. The molecule has 0 bridgehead atoms. The molecule has 8 nitrogen and oxygen atoms in total. The lowest BCUT2D eigenvalue weighted by molar-refractivity contribution is -0.138. The molecule has 0 spiro atoms. The van der Waals surface area contributed by atoms with E-state index in [1.54, 1.807) is 27.8 Å². The summed E-state index contributed by atoms with van der Waals surface area (Å²) in [5.41, 5.74) is -1.77. The summed E-state index contributed by atoms with van der Waals surface area (Å²) < 4.78 is 72.7. The van der Waals surface area contributed by atoms with Gasteiger partial charge in [0.15, 0.2) is 9.84 Å². The number of halogens is 5. The zero-order valence-electron chi connectivity index (χ0n) is 23.9. The summed E-state index contributed by atoms with van der Waals surface area (Å²) in [6.45, 7) is 7.18. The average molecular weight is 653 g/mol. The molecule has 42 heavy (non-hydrogen) atoms. The van der Waals surface area contributed by atoms with E-state index in [9.17, 15) is 31.2 Å². The molecule has 0 aliphatic carbocycles. The minimum Gasteiger partial charge on any atom is -0.444 e. The van der Waals surface area contributed by atoms with Gasteiger partial charge < -0.3 is 15.0 Å². The van der Waals surface area contributed by atoms with Crippen molar-refractivity contribution in [1.29, 1.82) is 0 Å². The maximum Gasteiger partial charge on any atom is 0.416 e. The van der Waals surface area contributed by atoms with Crippen LogP contribution in [0, 0.1) is 0 Å². The lowest BCUT2D eigenvalue weighted by atomic mass is 10.0. The van der Waals surface area contributed by atoms with E-state index in [1.807, 2.05) is 4.90 Å². The van der Waals surface area contributed by atoms with Gasteiger partial charge in [-0.3, -0.25) is 9.69 Å². The fourth-order valence-corrected chi connectivity index (χ4v) is 6.69. The Morgan fingerprint density at radius 3 is 2.38 bits per heavy atom. The maximum absolute atomic E-state index is 14.1. The predicted octanol–water partition coefficient (Wildman–Crippen LogP) is 6.18. The van der Waals surface area contributed by atoms with Crippen LogP contribution in [0.3, 0.4) is 0 Å². The Hall–Kier alpha value is -2.54. The minimum atomic E-state index is -4.74. The number of carbonyl (C=O) groups is 2. The smallest absolute Gasteiger partial charge is 0.416 e. The monoisotopic (exact) mass is 651 g/mol. The standard InChI is InChI=1S/C28H34Cl2F3N3O5S/c1-6-42(39,40)24-19(11-20(29)13-23(24)30)14-34-25(37)17-7-8-18(22(12-17)28(31,32)33)15-36-10-9-21(16-36)35(5)26(38)41-27(2,3)4/h7-8,11-13,21H,6,9-10,14-16H2,1-5H3,(H,34,37)/t21-/m1/s1. The third-order valence-electron chi connectivity index (χ3n) is 6.76. The quantitative estimate of drug-likeness (QED) is 0.366. The molecule has 1 N–H and O–H groups in total. The van der Waals surface area contributed by atoms with Crippen molar-refractivity contribution < 1.29 is 35.9 Å². The summed E-state index contributed by atoms with van der Waals surface area (Å²) in [5, 5.41) is 2.51. The van der Waals surface area contributed by atoms with Crippen LogP contribution < -0.4 is 5.32 Å². The zero-order valence-corrected chi connectivity index (χ0v) is 26.3. The van der Waals surface area contributed by atoms with Gasteiger partial charge in [-0.15, -0.1) is 0 Å². The Bertz CT molecular complexity index is 1450. The third kappa shape index (κ3) is 8.52. The van der Waals surface area contributed by atoms with E-state index >= 15 is 0 Å². The molecule has 1 aliphatic rings. The van der Waals surface area contributed by atoms with Crippen molar-refractivity contribution in [2.75, 3.05) is 25.9 Å². The molecule has 0 unspecified atom stereocenters. The van der Waals surface area contributed by atoms with Gasteiger partial charge >= 0.3 is 12.3 Å². The number of hydrogen-bond acceptors (Lipinski definition) is 6. The maximum atomic E-state index is 14.1. The van der Waals surface area contributed by atoms with Gasteiger partial charge in [0.05, 0.1) is 21.2 Å². The molecule has 232 valence electrons. The van der Waals surface area contributed by atoms with Crippen LogP contribution in [-0.2, 0) is 33.8 Å². The summed E-state index contributed by atoms with van der Waals surface area (Å²) in [6, 6.07) is 5.70. The van der Waals surface area contributed by atoms with Crippen molar-refractivity contribution in [3.63, 3.8) is 0 Å². The van der Waals surface area contributed by atoms with Gasteiger partial charge in [-0.05, 0) is 62.6 Å². The van der Waals surface area contributed by atoms with E-state index in [-0.39, 0.29) is 56.5 Å². The summed E-state index contributed by atoms with van der Waals surface area (Å²) in [6.07, 6.45) is -4.66. The first-order valence-corrected chi connectivity index (χ1v) is 15.6. The summed E-state index contributed by atoms with van der Waals surface area (Å²) in [5.74, 6) is -1.08. The molecule has 3 rings (SSSR count). The van der Waals surface area contributed by atoms with E-state index in [2.05, 4.69) is 5.32 Å². The van der Waals surface area contributed by atoms with E-state index in [0.717, 1.165) is 6.07 Å². The Kier molecular flexibility index (Phi) is 10.5. The molecule has 2 aromatic carbocycles. The lowest BCUT2D eigenvalue weighted by Gasteiger charge is -2.28.